The van der Waals surface area contributed by atoms with Crippen LogP contribution in [0.4, 0.5) is 10.5 Å². The largest absolute Gasteiger partial charge is 1.00 e. The van der Waals surface area contributed by atoms with E-state index in [1.54, 1.807) is 36.4 Å². The minimum absolute atomic E-state index is 0. The van der Waals surface area contributed by atoms with Gasteiger partial charge in [-0.1, -0.05) is 60.7 Å². The summed E-state index contributed by atoms with van der Waals surface area (Å²) in [6, 6.07) is 23.1. The van der Waals surface area contributed by atoms with Gasteiger partial charge >= 0.3 is 35.7 Å². The smallest absolute Gasteiger partial charge is 0.546 e. The number of ether oxygens (including phenoxy) is 2. The van der Waals surface area contributed by atoms with Crippen molar-refractivity contribution in [1.29, 1.82) is 0 Å². The molecule has 1 atom stereocenters. The molecule has 1 aromatic heterocycles. The van der Waals surface area contributed by atoms with Crippen LogP contribution in [-0.2, 0) is 20.9 Å². The molecule has 0 saturated heterocycles. The molecule has 0 aliphatic rings. The number of benzene rings is 3. The predicted molar refractivity (Wildman–Crippen MR) is 147 cm³/mol. The number of hydrogen-bond acceptors (Lipinski definition) is 8. The fraction of sp³-hybridized carbons (Fsp3) is 0.200. The van der Waals surface area contributed by atoms with E-state index in [0.717, 1.165) is 10.9 Å². The Hall–Kier alpha value is -4.32. The number of para-hydroxylation sites is 3. The Bertz CT molecular complexity index is 1480. The number of anilines is 1. The molecule has 0 fully saturated rings. The molecule has 42 heavy (non-hydrogen) atoms. The van der Waals surface area contributed by atoms with Gasteiger partial charge in [-0.3, -0.25) is 9.59 Å². The molecule has 3 amide bonds. The first kappa shape index (κ1) is 32.2. The van der Waals surface area contributed by atoms with Crippen LogP contribution < -0.4 is 55.4 Å². The van der Waals surface area contributed by atoms with Crippen LogP contribution in [0.3, 0.4) is 0 Å². The molecule has 0 unspecified atom stereocenters. The van der Waals surface area contributed by atoms with Crippen LogP contribution in [0.5, 0.6) is 5.75 Å². The molecule has 3 aromatic carbocycles. The first-order valence-electron chi connectivity index (χ1n) is 12.9. The van der Waals surface area contributed by atoms with Gasteiger partial charge in [-0.2, -0.15) is 0 Å². The Morgan fingerprint density at radius 1 is 0.905 bits per heavy atom. The summed E-state index contributed by atoms with van der Waals surface area (Å²) in [5.41, 5.74) is 1.58. The Labute approximate surface area is 263 Å². The maximum Gasteiger partial charge on any atom is 1.00 e. The van der Waals surface area contributed by atoms with Gasteiger partial charge in [0.1, 0.15) is 30.6 Å². The number of fused-ring (bicyclic) bond motifs is 1. The fourth-order valence-corrected chi connectivity index (χ4v) is 3.92. The van der Waals surface area contributed by atoms with E-state index in [2.05, 4.69) is 16.0 Å². The number of nitrogens with one attached hydrogen (secondary N) is 3. The standard InChI is InChI=1S/C30H29N3O8.Na/c34-27(35)19-39-25-15-7-5-12-22(25)32-28(36)23(33-29(37)26-17-21-11-4-6-14-24(21)41-26)13-8-16-31-30(38)40-18-20-9-2-1-3-10-20;/h1-7,9-12,14-15,17,23H,8,13,16,18-19H2,(H,31,38)(H,32,36)(H,33,37)(H,34,35);/q;+1/p-1/t23-;/m0./s1. The SMILES string of the molecule is O=C([O-])COc1ccccc1NC(=O)[C@H](CCCNC(=O)OCc1ccccc1)NC(=O)c1cc2ccccc2o1.[Na+]. The molecule has 4 aromatic rings. The maximum atomic E-state index is 13.3. The quantitative estimate of drug-likeness (QED) is 0.147. The average molecular weight is 582 g/mol. The summed E-state index contributed by atoms with van der Waals surface area (Å²) in [6.07, 6.45) is -0.138. The third-order valence-electron chi connectivity index (χ3n) is 5.91. The Morgan fingerprint density at radius 2 is 1.62 bits per heavy atom. The van der Waals surface area contributed by atoms with Crippen LogP contribution in [0.1, 0.15) is 29.0 Å². The van der Waals surface area contributed by atoms with Gasteiger partial charge in [-0.25, -0.2) is 4.79 Å². The molecule has 0 aliphatic heterocycles. The second kappa shape index (κ2) is 16.2. The molecule has 3 N–H and O–H groups in total. The predicted octanol–water partition coefficient (Wildman–Crippen LogP) is 0.00920. The number of alkyl carbamates (subject to hydrolysis) is 1. The van der Waals surface area contributed by atoms with E-state index < -0.39 is 36.5 Å². The van der Waals surface area contributed by atoms with Gasteiger partial charge in [0, 0.05) is 11.9 Å². The molecular weight excluding hydrogens is 553 g/mol. The van der Waals surface area contributed by atoms with Gasteiger partial charge in [-0.15, -0.1) is 0 Å². The summed E-state index contributed by atoms with van der Waals surface area (Å²) in [7, 11) is 0. The number of rotatable bonds is 13. The van der Waals surface area contributed by atoms with E-state index in [-0.39, 0.29) is 66.3 Å². The van der Waals surface area contributed by atoms with Crippen molar-refractivity contribution in [2.45, 2.75) is 25.5 Å². The summed E-state index contributed by atoms with van der Waals surface area (Å²) in [5.74, 6) is -2.44. The zero-order valence-corrected chi connectivity index (χ0v) is 25.0. The molecule has 0 saturated carbocycles. The third-order valence-corrected chi connectivity index (χ3v) is 5.91. The number of aliphatic carboxylic acids is 1. The Balaban J connectivity index is 0.00000484. The second-order valence-corrected chi connectivity index (χ2v) is 8.95. The number of hydrogen-bond donors (Lipinski definition) is 3. The van der Waals surface area contributed by atoms with E-state index in [1.807, 2.05) is 36.4 Å². The van der Waals surface area contributed by atoms with Gasteiger partial charge in [0.2, 0.25) is 5.91 Å². The summed E-state index contributed by atoms with van der Waals surface area (Å²) in [4.78, 5) is 49.2. The van der Waals surface area contributed by atoms with Crippen LogP contribution in [0.15, 0.2) is 89.3 Å². The van der Waals surface area contributed by atoms with Gasteiger partial charge in [0.25, 0.3) is 5.91 Å². The van der Waals surface area contributed by atoms with Crippen molar-refractivity contribution in [2.24, 2.45) is 0 Å². The van der Waals surface area contributed by atoms with E-state index >= 15 is 0 Å². The summed E-state index contributed by atoms with van der Waals surface area (Å²) < 4.78 is 16.0. The molecule has 0 spiro atoms. The number of carboxylic acid groups (broad SMARTS) is 1. The van der Waals surface area contributed by atoms with Crippen molar-refractivity contribution in [3.8, 4) is 5.75 Å². The molecule has 12 heteroatoms. The van der Waals surface area contributed by atoms with Crippen molar-refractivity contribution in [1.82, 2.24) is 10.6 Å². The average Bonchev–Trinajstić information content (AvgIpc) is 3.42. The van der Waals surface area contributed by atoms with Crippen molar-refractivity contribution in [3.63, 3.8) is 0 Å². The maximum absolute atomic E-state index is 13.3. The summed E-state index contributed by atoms with van der Waals surface area (Å²) in [6.45, 7) is -0.404. The number of amides is 3. The van der Waals surface area contributed by atoms with E-state index in [9.17, 15) is 24.3 Å². The van der Waals surface area contributed by atoms with Crippen molar-refractivity contribution in [2.75, 3.05) is 18.5 Å². The second-order valence-electron chi connectivity index (χ2n) is 8.95. The molecular formula is C30H28N3NaO8. The number of carbonyl (C=O) groups is 4. The summed E-state index contributed by atoms with van der Waals surface area (Å²) >= 11 is 0. The third kappa shape index (κ3) is 9.65. The molecule has 0 aliphatic carbocycles. The van der Waals surface area contributed by atoms with E-state index in [0.29, 0.717) is 12.0 Å². The molecule has 0 bridgehead atoms. The van der Waals surface area contributed by atoms with Gasteiger partial charge in [0.05, 0.1) is 11.7 Å². The molecule has 4 rings (SSSR count). The van der Waals surface area contributed by atoms with Gasteiger partial charge in [-0.05, 0) is 42.7 Å². The van der Waals surface area contributed by atoms with E-state index in [1.165, 1.54) is 12.1 Å². The first-order valence-corrected chi connectivity index (χ1v) is 12.9. The monoisotopic (exact) mass is 581 g/mol. The van der Waals surface area contributed by atoms with Crippen LogP contribution in [0.2, 0.25) is 0 Å². The van der Waals surface area contributed by atoms with Crippen LogP contribution >= 0.6 is 0 Å². The van der Waals surface area contributed by atoms with E-state index in [4.69, 9.17) is 13.9 Å². The number of carboxylic acids is 1. The topological polar surface area (TPSA) is 159 Å². The van der Waals surface area contributed by atoms with Gasteiger partial charge < -0.3 is 39.7 Å². The molecule has 212 valence electrons. The van der Waals surface area contributed by atoms with Crippen LogP contribution in [-0.4, -0.2) is 43.1 Å². The Kier molecular flexibility index (Phi) is 12.4. The zero-order chi connectivity index (χ0) is 29.0. The van der Waals surface area contributed by atoms with Crippen LogP contribution in [0.25, 0.3) is 11.0 Å². The first-order chi connectivity index (χ1) is 19.9. The van der Waals surface area contributed by atoms with Gasteiger partial charge in [0.15, 0.2) is 5.76 Å². The van der Waals surface area contributed by atoms with Crippen molar-refractivity contribution >= 4 is 40.5 Å². The zero-order valence-electron chi connectivity index (χ0n) is 23.0. The molecule has 1 heterocycles. The van der Waals surface area contributed by atoms with Crippen LogP contribution in [0, 0.1) is 0 Å². The number of carbonyl (C=O) groups excluding carboxylic acids is 4. The minimum Gasteiger partial charge on any atom is -0.546 e. The summed E-state index contributed by atoms with van der Waals surface area (Å²) in [5, 5.41) is 19.5. The minimum atomic E-state index is -1.42. The fourth-order valence-electron chi connectivity index (χ4n) is 3.92. The number of furan rings is 1. The normalized spacial score (nSPS) is 11.0. The Morgan fingerprint density at radius 3 is 2.38 bits per heavy atom. The van der Waals surface area contributed by atoms with Crippen molar-refractivity contribution in [3.05, 3.63) is 96.3 Å². The molecule has 0 radical (unpaired) electrons. The van der Waals surface area contributed by atoms with Crippen molar-refractivity contribution < 1.29 is 67.7 Å². The molecule has 11 nitrogen and oxygen atoms in total.